The molecule has 0 bridgehead atoms. The molecule has 0 saturated carbocycles. The molecular weight excluding hydrogens is 280 g/mol. The van der Waals surface area contributed by atoms with Gasteiger partial charge in [-0.2, -0.15) is 4.57 Å². The highest BCUT2D eigenvalue weighted by Crippen LogP contribution is 2.12. The van der Waals surface area contributed by atoms with Gasteiger partial charge in [0.1, 0.15) is 18.1 Å². The van der Waals surface area contributed by atoms with E-state index in [1.807, 2.05) is 36.4 Å². The second-order valence-electron chi connectivity index (χ2n) is 4.08. The minimum Gasteiger partial charge on any atom is -0.726 e. The molecule has 0 radical (unpaired) electrons. The third kappa shape index (κ3) is 3.47. The Labute approximate surface area is 115 Å². The number of nitrogens with zero attached hydrogens (tertiary/aromatic N) is 2. The van der Waals surface area contributed by atoms with Crippen molar-refractivity contribution < 1.29 is 22.1 Å². The van der Waals surface area contributed by atoms with Crippen LogP contribution in [0.4, 0.5) is 0 Å². The Morgan fingerprint density at radius 3 is 1.75 bits per heavy atom. The molecule has 0 unspecified atom stereocenters. The number of para-hydroxylation sites is 4. The highest BCUT2D eigenvalue weighted by atomic mass is 32.3. The molecule has 0 atom stereocenters. The lowest BCUT2D eigenvalue weighted by atomic mass is 10.2. The van der Waals surface area contributed by atoms with E-state index >= 15 is 0 Å². The number of fused-ring (bicyclic) bond motifs is 2. The second kappa shape index (κ2) is 5.49. The normalized spacial score (nSPS) is 11.2. The van der Waals surface area contributed by atoms with Crippen molar-refractivity contribution in [2.75, 3.05) is 0 Å². The van der Waals surface area contributed by atoms with Crippen LogP contribution in [-0.4, -0.2) is 22.5 Å². The maximum absolute atomic E-state index is 8.63. The summed E-state index contributed by atoms with van der Waals surface area (Å²) in [5.74, 6) is 0. The minimum atomic E-state index is -4.92. The number of aromatic nitrogens is 2. The van der Waals surface area contributed by atoms with Gasteiger partial charge in [0.25, 0.3) is 0 Å². The van der Waals surface area contributed by atoms with E-state index in [1.165, 1.54) is 0 Å². The summed E-state index contributed by atoms with van der Waals surface area (Å²) in [5.41, 5.74) is 4.41. The number of aryl methyl sites for hydroxylation is 1. The van der Waals surface area contributed by atoms with Crippen LogP contribution < -0.4 is 4.57 Å². The first kappa shape index (κ1) is 14.3. The third-order valence-corrected chi connectivity index (χ3v) is 2.73. The second-order valence-corrected chi connectivity index (χ2v) is 4.93. The van der Waals surface area contributed by atoms with Crippen molar-refractivity contribution >= 4 is 32.5 Å². The maximum Gasteiger partial charge on any atom is 0.231 e. The molecule has 3 aromatic rings. The number of hydrogen-bond donors (Lipinski definition) is 1. The standard InChI is InChI=1S/C13H11N2.H2O4S/c1-15-12-8-4-2-6-10(12)14-11-7-3-5-9-13(11)15;1-5(2,3)4/h2-9H,1H3;(H2,1,2,3,4)/q+1;/p-1. The van der Waals surface area contributed by atoms with E-state index in [1.54, 1.807) is 0 Å². The summed E-state index contributed by atoms with van der Waals surface area (Å²) < 4.78 is 35.0. The highest BCUT2D eigenvalue weighted by Gasteiger charge is 2.10. The maximum atomic E-state index is 8.63. The van der Waals surface area contributed by atoms with Crippen LogP contribution in [0.25, 0.3) is 22.1 Å². The fourth-order valence-electron chi connectivity index (χ4n) is 1.94. The molecule has 20 heavy (non-hydrogen) atoms. The largest absolute Gasteiger partial charge is 0.726 e. The highest BCUT2D eigenvalue weighted by molar-refractivity contribution is 7.79. The van der Waals surface area contributed by atoms with E-state index in [0.29, 0.717) is 0 Å². The van der Waals surface area contributed by atoms with Gasteiger partial charge in [-0.25, -0.2) is 13.4 Å². The molecule has 0 aliphatic heterocycles. The van der Waals surface area contributed by atoms with Gasteiger partial charge in [0.05, 0.1) is 0 Å². The third-order valence-electron chi connectivity index (χ3n) is 2.73. The lowest BCUT2D eigenvalue weighted by Crippen LogP contribution is -2.30. The van der Waals surface area contributed by atoms with E-state index in [0.717, 1.165) is 22.1 Å². The molecule has 6 nitrogen and oxygen atoms in total. The van der Waals surface area contributed by atoms with E-state index in [2.05, 4.69) is 28.7 Å². The summed E-state index contributed by atoms with van der Waals surface area (Å²) in [4.78, 5) is 4.62. The molecule has 1 aromatic heterocycles. The van der Waals surface area contributed by atoms with Gasteiger partial charge in [0.2, 0.25) is 21.4 Å². The topological polar surface area (TPSA) is 94.2 Å². The summed E-state index contributed by atoms with van der Waals surface area (Å²) in [6.45, 7) is 0. The lowest BCUT2D eigenvalue weighted by molar-refractivity contribution is -0.617. The number of rotatable bonds is 0. The predicted molar refractivity (Wildman–Crippen MR) is 72.8 cm³/mol. The smallest absolute Gasteiger partial charge is 0.231 e. The molecule has 0 aliphatic rings. The Morgan fingerprint density at radius 1 is 1.00 bits per heavy atom. The van der Waals surface area contributed by atoms with E-state index in [-0.39, 0.29) is 0 Å². The Hall–Kier alpha value is -2.09. The van der Waals surface area contributed by atoms with Crippen molar-refractivity contribution in [3.8, 4) is 0 Å². The average molecular weight is 292 g/mol. The molecule has 0 aliphatic carbocycles. The van der Waals surface area contributed by atoms with Gasteiger partial charge in [0.15, 0.2) is 0 Å². The molecule has 7 heteroatoms. The Kier molecular flexibility index (Phi) is 3.93. The van der Waals surface area contributed by atoms with Gasteiger partial charge in [-0.1, -0.05) is 24.3 Å². The zero-order chi connectivity index (χ0) is 14.8. The van der Waals surface area contributed by atoms with Crippen molar-refractivity contribution in [1.82, 2.24) is 4.98 Å². The van der Waals surface area contributed by atoms with Gasteiger partial charge in [-0.05, 0) is 12.1 Å². The Balaban J connectivity index is 0.000000257. The van der Waals surface area contributed by atoms with E-state index in [9.17, 15) is 0 Å². The van der Waals surface area contributed by atoms with Crippen LogP contribution in [0, 0.1) is 0 Å². The van der Waals surface area contributed by atoms with Gasteiger partial charge < -0.3 is 4.55 Å². The number of benzene rings is 2. The summed E-state index contributed by atoms with van der Waals surface area (Å²) >= 11 is 0. The van der Waals surface area contributed by atoms with Crippen LogP contribution in [-0.2, 0) is 17.4 Å². The molecule has 0 spiro atoms. The predicted octanol–water partition coefficient (Wildman–Crippen LogP) is 1.22. The van der Waals surface area contributed by atoms with Crippen molar-refractivity contribution in [1.29, 1.82) is 0 Å². The van der Waals surface area contributed by atoms with Crippen molar-refractivity contribution in [3.05, 3.63) is 48.5 Å². The summed E-state index contributed by atoms with van der Waals surface area (Å²) in [7, 11) is -2.84. The van der Waals surface area contributed by atoms with Crippen molar-refractivity contribution in [2.24, 2.45) is 7.05 Å². The summed E-state index contributed by atoms with van der Waals surface area (Å²) in [6, 6.07) is 16.4. The molecule has 3 rings (SSSR count). The molecule has 2 aromatic carbocycles. The monoisotopic (exact) mass is 292 g/mol. The van der Waals surface area contributed by atoms with Gasteiger partial charge >= 0.3 is 0 Å². The van der Waals surface area contributed by atoms with Crippen LogP contribution in [0.1, 0.15) is 0 Å². The van der Waals surface area contributed by atoms with Crippen LogP contribution in [0.3, 0.4) is 0 Å². The molecule has 0 amide bonds. The Bertz CT molecular complexity index is 801. The first-order chi connectivity index (χ1) is 9.36. The van der Waals surface area contributed by atoms with Gasteiger partial charge in [-0.15, -0.1) is 0 Å². The summed E-state index contributed by atoms with van der Waals surface area (Å²) in [6.07, 6.45) is 0. The van der Waals surface area contributed by atoms with Crippen molar-refractivity contribution in [3.63, 3.8) is 0 Å². The van der Waals surface area contributed by atoms with Crippen LogP contribution in [0.2, 0.25) is 0 Å². The lowest BCUT2D eigenvalue weighted by Gasteiger charge is -1.99. The van der Waals surface area contributed by atoms with E-state index < -0.39 is 10.4 Å². The average Bonchev–Trinajstić information content (AvgIpc) is 2.37. The number of hydrogen-bond acceptors (Lipinski definition) is 4. The molecule has 104 valence electrons. The van der Waals surface area contributed by atoms with Crippen LogP contribution >= 0.6 is 0 Å². The van der Waals surface area contributed by atoms with Gasteiger partial charge in [0, 0.05) is 12.1 Å². The SMILES string of the molecule is C[n+]1c2ccccc2nc2ccccc21.O=S(=O)([O-])O. The molecular formula is C13H12N2O4S. The summed E-state index contributed by atoms with van der Waals surface area (Å²) in [5, 5.41) is 0. The first-order valence-electron chi connectivity index (χ1n) is 5.68. The Morgan fingerprint density at radius 2 is 1.35 bits per heavy atom. The van der Waals surface area contributed by atoms with Gasteiger partial charge in [-0.3, -0.25) is 4.55 Å². The quantitative estimate of drug-likeness (QED) is 0.291. The zero-order valence-corrected chi connectivity index (χ0v) is 11.4. The van der Waals surface area contributed by atoms with E-state index in [4.69, 9.17) is 17.5 Å². The zero-order valence-electron chi connectivity index (χ0n) is 10.6. The molecule has 1 N–H and O–H groups in total. The van der Waals surface area contributed by atoms with Crippen LogP contribution in [0.15, 0.2) is 48.5 Å². The fourth-order valence-corrected chi connectivity index (χ4v) is 1.94. The van der Waals surface area contributed by atoms with Crippen LogP contribution in [0.5, 0.6) is 0 Å². The molecule has 1 heterocycles. The molecule has 0 saturated heterocycles. The van der Waals surface area contributed by atoms with Crippen molar-refractivity contribution in [2.45, 2.75) is 0 Å². The molecule has 0 fully saturated rings. The fraction of sp³-hybridized carbons (Fsp3) is 0.0769. The first-order valence-corrected chi connectivity index (χ1v) is 7.04. The minimum absolute atomic E-state index is 1.04.